The van der Waals surface area contributed by atoms with Crippen LogP contribution in [0.2, 0.25) is 0 Å². The van der Waals surface area contributed by atoms with Crippen LogP contribution >= 0.6 is 0 Å². The molecule has 3 fully saturated rings. The second-order valence-corrected chi connectivity index (χ2v) is 7.15. The molecule has 7 heteroatoms. The zero-order valence-electron chi connectivity index (χ0n) is 14.3. The van der Waals surface area contributed by atoms with E-state index in [2.05, 4.69) is 9.97 Å². The van der Waals surface area contributed by atoms with Crippen LogP contribution in [0.25, 0.3) is 0 Å². The Hall–Kier alpha value is -2.02. The molecule has 1 unspecified atom stereocenters. The SMILES string of the molecule is O=C(C1CC1)N1CCC(N(C(=O)c2cnccn2)C2CCOCC2)C1. The van der Waals surface area contributed by atoms with Crippen molar-refractivity contribution in [3.8, 4) is 0 Å². The van der Waals surface area contributed by atoms with Crippen LogP contribution < -0.4 is 0 Å². The summed E-state index contributed by atoms with van der Waals surface area (Å²) in [6.45, 7) is 2.73. The highest BCUT2D eigenvalue weighted by Crippen LogP contribution is 2.33. The Labute approximate surface area is 147 Å². The largest absolute Gasteiger partial charge is 0.381 e. The molecule has 25 heavy (non-hydrogen) atoms. The summed E-state index contributed by atoms with van der Waals surface area (Å²) < 4.78 is 5.47. The summed E-state index contributed by atoms with van der Waals surface area (Å²) in [6.07, 6.45) is 9.18. The summed E-state index contributed by atoms with van der Waals surface area (Å²) in [5.41, 5.74) is 0.376. The fourth-order valence-corrected chi connectivity index (χ4v) is 3.89. The third-order valence-corrected chi connectivity index (χ3v) is 5.40. The first-order valence-corrected chi connectivity index (χ1v) is 9.19. The zero-order valence-corrected chi connectivity index (χ0v) is 14.3. The van der Waals surface area contributed by atoms with Crippen molar-refractivity contribution in [1.29, 1.82) is 0 Å². The number of nitrogens with zero attached hydrogens (tertiary/aromatic N) is 4. The van der Waals surface area contributed by atoms with Crippen molar-refractivity contribution in [3.63, 3.8) is 0 Å². The predicted molar refractivity (Wildman–Crippen MR) is 89.8 cm³/mol. The summed E-state index contributed by atoms with van der Waals surface area (Å²) in [5, 5.41) is 0. The van der Waals surface area contributed by atoms with E-state index >= 15 is 0 Å². The third-order valence-electron chi connectivity index (χ3n) is 5.40. The lowest BCUT2D eigenvalue weighted by molar-refractivity contribution is -0.131. The standard InChI is InChI=1S/C18H24N4O3/c23-17(13-1-2-13)21-8-3-15(12-21)22(14-4-9-25-10-5-14)18(24)16-11-19-6-7-20-16/h6-7,11,13-15H,1-5,8-10,12H2. The molecular formula is C18H24N4O3. The molecule has 4 rings (SSSR count). The summed E-state index contributed by atoms with van der Waals surface area (Å²) in [5.74, 6) is 0.415. The van der Waals surface area contributed by atoms with Gasteiger partial charge in [-0.3, -0.25) is 14.6 Å². The Morgan fingerprint density at radius 1 is 1.08 bits per heavy atom. The van der Waals surface area contributed by atoms with Gasteiger partial charge in [-0.15, -0.1) is 0 Å². The van der Waals surface area contributed by atoms with E-state index < -0.39 is 0 Å². The molecule has 1 saturated carbocycles. The molecular weight excluding hydrogens is 320 g/mol. The quantitative estimate of drug-likeness (QED) is 0.818. The highest BCUT2D eigenvalue weighted by atomic mass is 16.5. The molecule has 2 amide bonds. The van der Waals surface area contributed by atoms with Crippen LogP contribution in [0.3, 0.4) is 0 Å². The molecule has 1 aromatic rings. The lowest BCUT2D eigenvalue weighted by atomic mass is 10.0. The normalized spacial score (nSPS) is 24.3. The molecule has 134 valence electrons. The highest BCUT2D eigenvalue weighted by Gasteiger charge is 2.41. The lowest BCUT2D eigenvalue weighted by Crippen LogP contribution is -2.50. The van der Waals surface area contributed by atoms with Gasteiger partial charge in [0.1, 0.15) is 5.69 Å². The van der Waals surface area contributed by atoms with Crippen molar-refractivity contribution < 1.29 is 14.3 Å². The van der Waals surface area contributed by atoms with Crippen molar-refractivity contribution in [1.82, 2.24) is 19.8 Å². The van der Waals surface area contributed by atoms with Crippen LogP contribution in [-0.2, 0) is 9.53 Å². The fraction of sp³-hybridized carbons (Fsp3) is 0.667. The average Bonchev–Trinajstić information content (AvgIpc) is 3.41. The molecule has 7 nitrogen and oxygen atoms in total. The molecule has 0 N–H and O–H groups in total. The predicted octanol–water partition coefficient (Wildman–Crippen LogP) is 1.11. The van der Waals surface area contributed by atoms with E-state index in [4.69, 9.17) is 4.74 Å². The number of amides is 2. The Bertz CT molecular complexity index is 628. The van der Waals surface area contributed by atoms with Crippen LogP contribution in [0.4, 0.5) is 0 Å². The second kappa shape index (κ2) is 7.07. The van der Waals surface area contributed by atoms with Gasteiger partial charge in [0, 0.05) is 50.7 Å². The Kier molecular flexibility index (Phi) is 4.65. The molecule has 2 saturated heterocycles. The molecule has 0 aromatic carbocycles. The molecule has 1 aromatic heterocycles. The molecule has 1 aliphatic carbocycles. The molecule has 1 atom stereocenters. The second-order valence-electron chi connectivity index (χ2n) is 7.15. The molecule has 2 aliphatic heterocycles. The maximum atomic E-state index is 13.1. The smallest absolute Gasteiger partial charge is 0.274 e. The van der Waals surface area contributed by atoms with E-state index in [0.717, 1.165) is 38.6 Å². The molecule has 3 aliphatic rings. The van der Waals surface area contributed by atoms with Gasteiger partial charge < -0.3 is 14.5 Å². The van der Waals surface area contributed by atoms with E-state index in [1.165, 1.54) is 6.20 Å². The van der Waals surface area contributed by atoms with Crippen LogP contribution in [-0.4, -0.2) is 70.0 Å². The van der Waals surface area contributed by atoms with Crippen LogP contribution in [0.5, 0.6) is 0 Å². The van der Waals surface area contributed by atoms with Crippen LogP contribution in [0.15, 0.2) is 18.6 Å². The number of rotatable bonds is 4. The first-order chi connectivity index (χ1) is 12.2. The number of aromatic nitrogens is 2. The van der Waals surface area contributed by atoms with E-state index in [1.807, 2.05) is 9.80 Å². The number of hydrogen-bond donors (Lipinski definition) is 0. The number of carbonyl (C=O) groups is 2. The molecule has 3 heterocycles. The third kappa shape index (κ3) is 3.51. The van der Waals surface area contributed by atoms with Crippen LogP contribution in [0.1, 0.15) is 42.6 Å². The molecule has 0 spiro atoms. The zero-order chi connectivity index (χ0) is 17.2. The first kappa shape index (κ1) is 16.4. The van der Waals surface area contributed by atoms with Gasteiger partial charge in [0.25, 0.3) is 5.91 Å². The van der Waals surface area contributed by atoms with E-state index in [1.54, 1.807) is 12.4 Å². The molecule has 0 bridgehead atoms. The lowest BCUT2D eigenvalue weighted by Gasteiger charge is -2.38. The minimum absolute atomic E-state index is 0.0558. The first-order valence-electron chi connectivity index (χ1n) is 9.19. The van der Waals surface area contributed by atoms with Crippen molar-refractivity contribution in [2.45, 2.75) is 44.2 Å². The number of carbonyl (C=O) groups excluding carboxylic acids is 2. The monoisotopic (exact) mass is 344 g/mol. The van der Waals surface area contributed by atoms with E-state index in [9.17, 15) is 9.59 Å². The van der Waals surface area contributed by atoms with Crippen molar-refractivity contribution >= 4 is 11.8 Å². The topological polar surface area (TPSA) is 75.6 Å². The summed E-state index contributed by atoms with van der Waals surface area (Å²) in [4.78, 5) is 37.6. The van der Waals surface area contributed by atoms with Crippen molar-refractivity contribution in [2.24, 2.45) is 5.92 Å². The Morgan fingerprint density at radius 3 is 2.56 bits per heavy atom. The van der Waals surface area contributed by atoms with Gasteiger partial charge in [-0.25, -0.2) is 4.98 Å². The van der Waals surface area contributed by atoms with E-state index in [-0.39, 0.29) is 29.8 Å². The number of ether oxygens (including phenoxy) is 1. The van der Waals surface area contributed by atoms with E-state index in [0.29, 0.717) is 25.5 Å². The fourth-order valence-electron chi connectivity index (χ4n) is 3.89. The maximum Gasteiger partial charge on any atom is 0.274 e. The Morgan fingerprint density at radius 2 is 1.88 bits per heavy atom. The average molecular weight is 344 g/mol. The minimum Gasteiger partial charge on any atom is -0.381 e. The van der Waals surface area contributed by atoms with Gasteiger partial charge in [0.05, 0.1) is 12.2 Å². The van der Waals surface area contributed by atoms with Gasteiger partial charge in [0.15, 0.2) is 0 Å². The van der Waals surface area contributed by atoms with Gasteiger partial charge in [0.2, 0.25) is 5.91 Å². The minimum atomic E-state index is -0.0780. The summed E-state index contributed by atoms with van der Waals surface area (Å²) in [7, 11) is 0. The summed E-state index contributed by atoms with van der Waals surface area (Å²) in [6, 6.07) is 0.199. The molecule has 0 radical (unpaired) electrons. The van der Waals surface area contributed by atoms with Gasteiger partial charge in [-0.1, -0.05) is 0 Å². The van der Waals surface area contributed by atoms with Gasteiger partial charge >= 0.3 is 0 Å². The van der Waals surface area contributed by atoms with Crippen molar-refractivity contribution in [2.75, 3.05) is 26.3 Å². The maximum absolute atomic E-state index is 13.1. The summed E-state index contributed by atoms with van der Waals surface area (Å²) >= 11 is 0. The number of likely N-dealkylation sites (tertiary alicyclic amines) is 1. The van der Waals surface area contributed by atoms with Crippen molar-refractivity contribution in [3.05, 3.63) is 24.3 Å². The van der Waals surface area contributed by atoms with Gasteiger partial charge in [-0.2, -0.15) is 0 Å². The Balaban J connectivity index is 1.53. The number of hydrogen-bond acceptors (Lipinski definition) is 5. The van der Waals surface area contributed by atoms with Crippen LogP contribution in [0, 0.1) is 5.92 Å². The van der Waals surface area contributed by atoms with Gasteiger partial charge in [-0.05, 0) is 32.1 Å². The highest BCUT2D eigenvalue weighted by molar-refractivity contribution is 5.92.